The molecule has 0 bridgehead atoms. The Kier molecular flexibility index (Phi) is 3.99. The quantitative estimate of drug-likeness (QED) is 0.257. The molecule has 7 heteroatoms. The standard InChI is InChI=1S/C9H7FN4O2/c10-9-7(4-2-6-12-13-11)3-1-5-8(9)14(15)16/h1-5H,6H2. The lowest BCUT2D eigenvalue weighted by molar-refractivity contribution is -0.387. The van der Waals surface area contributed by atoms with Crippen molar-refractivity contribution in [1.29, 1.82) is 0 Å². The van der Waals surface area contributed by atoms with Crippen LogP contribution in [-0.2, 0) is 0 Å². The van der Waals surface area contributed by atoms with E-state index in [-0.39, 0.29) is 12.1 Å². The van der Waals surface area contributed by atoms with Gasteiger partial charge in [0.15, 0.2) is 0 Å². The Labute approximate surface area is 89.8 Å². The van der Waals surface area contributed by atoms with Crippen LogP contribution in [0.1, 0.15) is 5.56 Å². The Hall–Kier alpha value is -2.40. The number of rotatable bonds is 4. The number of nitro groups is 1. The highest BCUT2D eigenvalue weighted by Gasteiger charge is 2.15. The molecule has 0 N–H and O–H groups in total. The van der Waals surface area contributed by atoms with E-state index >= 15 is 0 Å². The molecule has 1 aromatic carbocycles. The Morgan fingerprint density at radius 1 is 1.62 bits per heavy atom. The number of nitro benzene ring substituents is 1. The highest BCUT2D eigenvalue weighted by molar-refractivity contribution is 5.54. The summed E-state index contributed by atoms with van der Waals surface area (Å²) >= 11 is 0. The molecule has 0 unspecified atom stereocenters. The predicted molar refractivity (Wildman–Crippen MR) is 56.1 cm³/mol. The van der Waals surface area contributed by atoms with Gasteiger partial charge in [0.2, 0.25) is 5.82 Å². The van der Waals surface area contributed by atoms with Crippen LogP contribution in [0.15, 0.2) is 29.4 Å². The lowest BCUT2D eigenvalue weighted by Crippen LogP contribution is -1.94. The molecular formula is C9H7FN4O2. The van der Waals surface area contributed by atoms with Crippen LogP contribution in [0.4, 0.5) is 10.1 Å². The van der Waals surface area contributed by atoms with Crippen LogP contribution in [0.25, 0.3) is 16.5 Å². The van der Waals surface area contributed by atoms with E-state index in [9.17, 15) is 14.5 Å². The monoisotopic (exact) mass is 222 g/mol. The molecule has 0 aliphatic heterocycles. The van der Waals surface area contributed by atoms with Gasteiger partial charge in [-0.25, -0.2) is 0 Å². The van der Waals surface area contributed by atoms with E-state index in [0.717, 1.165) is 6.07 Å². The van der Waals surface area contributed by atoms with E-state index in [2.05, 4.69) is 10.0 Å². The van der Waals surface area contributed by atoms with E-state index in [1.165, 1.54) is 24.3 Å². The van der Waals surface area contributed by atoms with E-state index in [4.69, 9.17) is 5.53 Å². The smallest absolute Gasteiger partial charge is 0.258 e. The highest BCUT2D eigenvalue weighted by atomic mass is 19.1. The van der Waals surface area contributed by atoms with Crippen molar-refractivity contribution >= 4 is 11.8 Å². The summed E-state index contributed by atoms with van der Waals surface area (Å²) in [6.45, 7) is 0.0681. The van der Waals surface area contributed by atoms with E-state index in [1.807, 2.05) is 0 Å². The molecule has 0 atom stereocenters. The normalized spacial score (nSPS) is 10.1. The maximum Gasteiger partial charge on any atom is 0.305 e. The molecule has 82 valence electrons. The molecule has 6 nitrogen and oxygen atoms in total. The maximum absolute atomic E-state index is 13.4. The Morgan fingerprint density at radius 3 is 3.00 bits per heavy atom. The Bertz CT molecular complexity index is 480. The lowest BCUT2D eigenvalue weighted by atomic mass is 10.1. The average molecular weight is 222 g/mol. The summed E-state index contributed by atoms with van der Waals surface area (Å²) in [6.07, 6.45) is 2.75. The second-order valence-electron chi connectivity index (χ2n) is 2.75. The Balaban J connectivity index is 2.97. The van der Waals surface area contributed by atoms with Gasteiger partial charge in [0, 0.05) is 23.1 Å². The van der Waals surface area contributed by atoms with Gasteiger partial charge in [-0.3, -0.25) is 10.1 Å². The largest absolute Gasteiger partial charge is 0.305 e. The van der Waals surface area contributed by atoms with Crippen molar-refractivity contribution in [3.05, 3.63) is 56.2 Å². The third kappa shape index (κ3) is 2.79. The summed E-state index contributed by atoms with van der Waals surface area (Å²) < 4.78 is 13.4. The minimum absolute atomic E-state index is 0.0681. The van der Waals surface area contributed by atoms with Crippen LogP contribution in [0.2, 0.25) is 0 Å². The van der Waals surface area contributed by atoms with Gasteiger partial charge in [-0.2, -0.15) is 4.39 Å². The first-order valence-corrected chi connectivity index (χ1v) is 4.27. The molecule has 0 aliphatic carbocycles. The number of hydrogen-bond acceptors (Lipinski definition) is 3. The summed E-state index contributed by atoms with van der Waals surface area (Å²) in [4.78, 5) is 12.1. The fourth-order valence-corrected chi connectivity index (χ4v) is 1.07. The highest BCUT2D eigenvalue weighted by Crippen LogP contribution is 2.20. The van der Waals surface area contributed by atoms with Gasteiger partial charge in [-0.1, -0.05) is 29.4 Å². The van der Waals surface area contributed by atoms with Gasteiger partial charge < -0.3 is 0 Å². The van der Waals surface area contributed by atoms with Crippen LogP contribution in [0.3, 0.4) is 0 Å². The fourth-order valence-electron chi connectivity index (χ4n) is 1.07. The minimum Gasteiger partial charge on any atom is -0.258 e. The summed E-state index contributed by atoms with van der Waals surface area (Å²) in [5, 5.41) is 13.6. The number of benzene rings is 1. The second kappa shape index (κ2) is 5.47. The van der Waals surface area contributed by atoms with Gasteiger partial charge in [0.05, 0.1) is 4.92 Å². The molecule has 1 aromatic rings. The van der Waals surface area contributed by atoms with E-state index in [0.29, 0.717) is 0 Å². The van der Waals surface area contributed by atoms with Crippen molar-refractivity contribution in [2.45, 2.75) is 0 Å². The van der Waals surface area contributed by atoms with Crippen molar-refractivity contribution in [2.75, 3.05) is 6.54 Å². The van der Waals surface area contributed by atoms with Gasteiger partial charge in [0.25, 0.3) is 0 Å². The van der Waals surface area contributed by atoms with E-state index < -0.39 is 16.4 Å². The molecule has 0 saturated heterocycles. The van der Waals surface area contributed by atoms with Crippen molar-refractivity contribution in [2.24, 2.45) is 5.11 Å². The maximum atomic E-state index is 13.4. The molecular weight excluding hydrogens is 215 g/mol. The molecule has 0 radical (unpaired) electrons. The van der Waals surface area contributed by atoms with Crippen molar-refractivity contribution in [1.82, 2.24) is 0 Å². The average Bonchev–Trinajstić information content (AvgIpc) is 2.26. The van der Waals surface area contributed by atoms with Crippen LogP contribution >= 0.6 is 0 Å². The molecule has 0 aliphatic rings. The first kappa shape index (κ1) is 11.7. The minimum atomic E-state index is -0.898. The van der Waals surface area contributed by atoms with Gasteiger partial charge >= 0.3 is 5.69 Å². The summed E-state index contributed by atoms with van der Waals surface area (Å²) in [7, 11) is 0. The third-order valence-electron chi connectivity index (χ3n) is 1.75. The van der Waals surface area contributed by atoms with Crippen LogP contribution in [0.5, 0.6) is 0 Å². The lowest BCUT2D eigenvalue weighted by Gasteiger charge is -1.97. The molecule has 0 amide bonds. The van der Waals surface area contributed by atoms with Crippen molar-refractivity contribution < 1.29 is 9.31 Å². The van der Waals surface area contributed by atoms with Gasteiger partial charge in [0.1, 0.15) is 0 Å². The van der Waals surface area contributed by atoms with Gasteiger partial charge in [-0.05, 0) is 5.53 Å². The molecule has 0 aromatic heterocycles. The van der Waals surface area contributed by atoms with Crippen molar-refractivity contribution in [3.63, 3.8) is 0 Å². The molecule has 0 spiro atoms. The Morgan fingerprint density at radius 2 is 2.38 bits per heavy atom. The molecule has 1 rings (SSSR count). The van der Waals surface area contributed by atoms with Crippen LogP contribution in [0, 0.1) is 15.9 Å². The first-order chi connectivity index (χ1) is 7.66. The predicted octanol–water partition coefficient (Wildman–Crippen LogP) is 3.06. The van der Waals surface area contributed by atoms with Crippen molar-refractivity contribution in [3.8, 4) is 0 Å². The first-order valence-electron chi connectivity index (χ1n) is 4.27. The zero-order valence-corrected chi connectivity index (χ0v) is 8.08. The number of azide groups is 1. The van der Waals surface area contributed by atoms with Crippen LogP contribution in [-0.4, -0.2) is 11.5 Å². The second-order valence-corrected chi connectivity index (χ2v) is 2.75. The summed E-state index contributed by atoms with van der Waals surface area (Å²) in [6, 6.07) is 3.86. The molecule has 0 saturated carbocycles. The number of hydrogen-bond donors (Lipinski definition) is 0. The third-order valence-corrected chi connectivity index (χ3v) is 1.75. The summed E-state index contributed by atoms with van der Waals surface area (Å²) in [5.74, 6) is -0.898. The molecule has 0 heterocycles. The van der Waals surface area contributed by atoms with Gasteiger partial charge in [-0.15, -0.1) is 0 Å². The SMILES string of the molecule is [N-]=[N+]=NCC=Cc1cccc([N+](=O)[O-])c1F. The van der Waals surface area contributed by atoms with Crippen LogP contribution < -0.4 is 0 Å². The fraction of sp³-hybridized carbons (Fsp3) is 0.111. The molecule has 0 fully saturated rings. The zero-order valence-electron chi connectivity index (χ0n) is 8.08. The van der Waals surface area contributed by atoms with E-state index in [1.54, 1.807) is 0 Å². The summed E-state index contributed by atoms with van der Waals surface area (Å²) in [5.41, 5.74) is 7.50. The molecule has 16 heavy (non-hydrogen) atoms. The topological polar surface area (TPSA) is 91.9 Å². The number of nitrogens with zero attached hydrogens (tertiary/aromatic N) is 4. The number of halogens is 1. The zero-order chi connectivity index (χ0) is 12.0.